The second-order valence-electron chi connectivity index (χ2n) is 6.45. The highest BCUT2D eigenvalue weighted by molar-refractivity contribution is 7.92. The first-order valence-corrected chi connectivity index (χ1v) is 9.78. The normalized spacial score (nSPS) is 16.7. The van der Waals surface area contributed by atoms with Gasteiger partial charge in [0.15, 0.2) is 0 Å². The Bertz CT molecular complexity index is 923. The van der Waals surface area contributed by atoms with E-state index in [0.29, 0.717) is 17.9 Å². The summed E-state index contributed by atoms with van der Waals surface area (Å²) in [6, 6.07) is 11.8. The number of carbonyl (C=O) groups is 1. The van der Waals surface area contributed by atoms with Crippen molar-refractivity contribution in [1.82, 2.24) is 5.32 Å². The van der Waals surface area contributed by atoms with E-state index in [1.807, 2.05) is 13.0 Å². The standard InChI is InChI=1S/C19H22N2O4S/c1-13-4-8-18(9-5-13)26(23,24)21-12-16(20-14(2)22)10-15-6-7-17(25-3)11-19(15)21/h4-9,11,16H,10,12H2,1-3H3,(H,20,22)/t16-/m0/s1. The van der Waals surface area contributed by atoms with Crippen molar-refractivity contribution < 1.29 is 17.9 Å². The molecule has 1 aliphatic rings. The van der Waals surface area contributed by atoms with Crippen molar-refractivity contribution >= 4 is 21.6 Å². The lowest BCUT2D eigenvalue weighted by Crippen LogP contribution is -2.49. The Morgan fingerprint density at radius 3 is 2.50 bits per heavy atom. The minimum Gasteiger partial charge on any atom is -0.497 e. The number of methoxy groups -OCH3 is 1. The molecule has 0 saturated carbocycles. The topological polar surface area (TPSA) is 75.7 Å². The molecule has 3 rings (SSSR count). The van der Waals surface area contributed by atoms with Crippen molar-refractivity contribution in [1.29, 1.82) is 0 Å². The molecule has 1 aliphatic heterocycles. The second-order valence-corrected chi connectivity index (χ2v) is 8.31. The summed E-state index contributed by atoms with van der Waals surface area (Å²) in [6.07, 6.45) is 0.568. The van der Waals surface area contributed by atoms with Gasteiger partial charge in [0.2, 0.25) is 5.91 Å². The third kappa shape index (κ3) is 3.53. The average Bonchev–Trinajstić information content (AvgIpc) is 2.60. The number of hydrogen-bond donors (Lipinski definition) is 1. The van der Waals surface area contributed by atoms with Gasteiger partial charge in [-0.1, -0.05) is 23.8 Å². The van der Waals surface area contributed by atoms with Gasteiger partial charge in [-0.05, 0) is 37.1 Å². The zero-order valence-corrected chi connectivity index (χ0v) is 15.8. The Labute approximate surface area is 153 Å². The molecule has 0 unspecified atom stereocenters. The highest BCUT2D eigenvalue weighted by Crippen LogP contribution is 2.35. The molecule has 2 aromatic rings. The Morgan fingerprint density at radius 1 is 1.19 bits per heavy atom. The first kappa shape index (κ1) is 18.3. The van der Waals surface area contributed by atoms with Gasteiger partial charge < -0.3 is 10.1 Å². The van der Waals surface area contributed by atoms with Crippen LogP contribution in [0.3, 0.4) is 0 Å². The maximum absolute atomic E-state index is 13.3. The Hall–Kier alpha value is -2.54. The lowest BCUT2D eigenvalue weighted by Gasteiger charge is -2.35. The van der Waals surface area contributed by atoms with Crippen molar-refractivity contribution in [2.75, 3.05) is 18.0 Å². The van der Waals surface area contributed by atoms with Crippen LogP contribution in [0.25, 0.3) is 0 Å². The highest BCUT2D eigenvalue weighted by Gasteiger charge is 2.34. The number of rotatable bonds is 4. The van der Waals surface area contributed by atoms with Gasteiger partial charge >= 0.3 is 0 Å². The van der Waals surface area contributed by atoms with Crippen LogP contribution < -0.4 is 14.4 Å². The third-order valence-electron chi connectivity index (χ3n) is 4.43. The summed E-state index contributed by atoms with van der Waals surface area (Å²) in [5.74, 6) is 0.408. The fourth-order valence-corrected chi connectivity index (χ4v) is 4.69. The SMILES string of the molecule is COc1ccc2c(c1)N(S(=O)(=O)c1ccc(C)cc1)C[C@@H](NC(C)=O)C2. The van der Waals surface area contributed by atoms with Crippen molar-refractivity contribution in [3.05, 3.63) is 53.6 Å². The van der Waals surface area contributed by atoms with Crippen LogP contribution in [0, 0.1) is 6.92 Å². The molecule has 6 nitrogen and oxygen atoms in total. The number of benzene rings is 2. The number of hydrogen-bond acceptors (Lipinski definition) is 4. The number of fused-ring (bicyclic) bond motifs is 1. The number of ether oxygens (including phenoxy) is 1. The highest BCUT2D eigenvalue weighted by atomic mass is 32.2. The smallest absolute Gasteiger partial charge is 0.264 e. The molecule has 0 fully saturated rings. The minimum atomic E-state index is -3.76. The molecular formula is C19H22N2O4S. The van der Waals surface area contributed by atoms with Gasteiger partial charge in [-0.2, -0.15) is 0 Å². The van der Waals surface area contributed by atoms with Gasteiger partial charge in [0, 0.05) is 13.0 Å². The van der Waals surface area contributed by atoms with E-state index in [2.05, 4.69) is 5.32 Å². The Morgan fingerprint density at radius 2 is 1.88 bits per heavy atom. The summed E-state index contributed by atoms with van der Waals surface area (Å²) in [7, 11) is -2.21. The van der Waals surface area contributed by atoms with Gasteiger partial charge in [0.05, 0.1) is 30.3 Å². The molecular weight excluding hydrogens is 352 g/mol. The van der Waals surface area contributed by atoms with E-state index in [1.165, 1.54) is 11.2 Å². The molecule has 0 aromatic heterocycles. The van der Waals surface area contributed by atoms with E-state index in [1.54, 1.807) is 43.5 Å². The Kier molecular flexibility index (Phi) is 4.91. The van der Waals surface area contributed by atoms with Crippen molar-refractivity contribution in [3.8, 4) is 5.75 Å². The summed E-state index contributed by atoms with van der Waals surface area (Å²) < 4.78 is 33.2. The molecule has 26 heavy (non-hydrogen) atoms. The van der Waals surface area contributed by atoms with Crippen molar-refractivity contribution in [3.63, 3.8) is 0 Å². The van der Waals surface area contributed by atoms with E-state index in [4.69, 9.17) is 4.74 Å². The van der Waals surface area contributed by atoms with E-state index in [9.17, 15) is 13.2 Å². The van der Waals surface area contributed by atoms with Crippen molar-refractivity contribution in [2.45, 2.75) is 31.2 Å². The molecule has 1 heterocycles. The van der Waals surface area contributed by atoms with E-state index in [0.717, 1.165) is 11.1 Å². The third-order valence-corrected chi connectivity index (χ3v) is 6.22. The molecule has 0 bridgehead atoms. The first-order valence-electron chi connectivity index (χ1n) is 8.34. The van der Waals surface area contributed by atoms with Crippen LogP contribution in [-0.2, 0) is 21.2 Å². The van der Waals surface area contributed by atoms with Crippen LogP contribution in [0.2, 0.25) is 0 Å². The zero-order chi connectivity index (χ0) is 18.9. The first-order chi connectivity index (χ1) is 12.3. The summed E-state index contributed by atoms with van der Waals surface area (Å²) >= 11 is 0. The molecule has 1 N–H and O–H groups in total. The summed E-state index contributed by atoms with van der Waals surface area (Å²) in [6.45, 7) is 3.52. The fraction of sp³-hybridized carbons (Fsp3) is 0.316. The number of nitrogens with zero attached hydrogens (tertiary/aromatic N) is 1. The number of carbonyl (C=O) groups excluding carboxylic acids is 1. The number of nitrogens with one attached hydrogen (secondary N) is 1. The van der Waals surface area contributed by atoms with E-state index >= 15 is 0 Å². The predicted molar refractivity (Wildman–Crippen MR) is 100 cm³/mol. The molecule has 0 saturated heterocycles. The summed E-state index contributed by atoms with van der Waals surface area (Å²) in [5.41, 5.74) is 2.43. The van der Waals surface area contributed by atoms with E-state index in [-0.39, 0.29) is 23.4 Å². The molecule has 1 amide bonds. The van der Waals surface area contributed by atoms with Crippen LogP contribution in [0.4, 0.5) is 5.69 Å². The quantitative estimate of drug-likeness (QED) is 0.891. The maximum Gasteiger partial charge on any atom is 0.264 e. The van der Waals surface area contributed by atoms with Crippen LogP contribution in [0.1, 0.15) is 18.1 Å². The monoisotopic (exact) mass is 374 g/mol. The molecule has 0 aliphatic carbocycles. The molecule has 138 valence electrons. The van der Waals surface area contributed by atoms with Crippen molar-refractivity contribution in [2.24, 2.45) is 0 Å². The maximum atomic E-state index is 13.3. The molecule has 2 aromatic carbocycles. The second kappa shape index (κ2) is 6.99. The largest absolute Gasteiger partial charge is 0.497 e. The van der Waals surface area contributed by atoms with Gasteiger partial charge in [-0.3, -0.25) is 9.10 Å². The average molecular weight is 374 g/mol. The fourth-order valence-electron chi connectivity index (χ4n) is 3.15. The van der Waals surface area contributed by atoms with Gasteiger partial charge in [-0.15, -0.1) is 0 Å². The number of aryl methyl sites for hydroxylation is 1. The van der Waals surface area contributed by atoms with E-state index < -0.39 is 10.0 Å². The van der Waals surface area contributed by atoms with Crippen LogP contribution in [-0.4, -0.2) is 34.0 Å². The van der Waals surface area contributed by atoms with Gasteiger partial charge in [0.1, 0.15) is 5.75 Å². The zero-order valence-electron chi connectivity index (χ0n) is 15.0. The molecule has 7 heteroatoms. The summed E-state index contributed by atoms with van der Waals surface area (Å²) in [5, 5.41) is 2.84. The molecule has 0 spiro atoms. The molecule has 1 atom stereocenters. The minimum absolute atomic E-state index is 0.177. The molecule has 0 radical (unpaired) electrons. The van der Waals surface area contributed by atoms with Crippen LogP contribution in [0.15, 0.2) is 47.4 Å². The number of sulfonamides is 1. The number of anilines is 1. The lowest BCUT2D eigenvalue weighted by atomic mass is 9.99. The van der Waals surface area contributed by atoms with Crippen LogP contribution >= 0.6 is 0 Å². The Balaban J connectivity index is 2.08. The van der Waals surface area contributed by atoms with Gasteiger partial charge in [0.25, 0.3) is 10.0 Å². The van der Waals surface area contributed by atoms with Crippen LogP contribution in [0.5, 0.6) is 5.75 Å². The van der Waals surface area contributed by atoms with Gasteiger partial charge in [-0.25, -0.2) is 8.42 Å². The lowest BCUT2D eigenvalue weighted by molar-refractivity contribution is -0.119. The number of amides is 1. The predicted octanol–water partition coefficient (Wildman–Crippen LogP) is 2.26. The summed E-state index contributed by atoms with van der Waals surface area (Å²) in [4.78, 5) is 11.7.